The molecule has 0 aromatic heterocycles. The summed E-state index contributed by atoms with van der Waals surface area (Å²) in [6, 6.07) is 4.63. The van der Waals surface area contributed by atoms with E-state index in [2.05, 4.69) is 15.8 Å². The lowest BCUT2D eigenvalue weighted by Gasteiger charge is -2.01. The van der Waals surface area contributed by atoms with Gasteiger partial charge in [0.1, 0.15) is 5.75 Å². The Morgan fingerprint density at radius 3 is 2.93 bits per heavy atom. The highest BCUT2D eigenvalue weighted by Crippen LogP contribution is 2.19. The molecule has 0 radical (unpaired) electrons. The molecule has 0 unspecified atom stereocenters. The van der Waals surface area contributed by atoms with Crippen LogP contribution in [-0.2, 0) is 0 Å². The van der Waals surface area contributed by atoms with Crippen LogP contribution in [0.4, 0.5) is 0 Å². The molecular weight excluding hydrogens is 234 g/mol. The molecule has 4 nitrogen and oxygen atoms in total. The van der Waals surface area contributed by atoms with Crippen LogP contribution in [0.5, 0.6) is 5.75 Å². The van der Waals surface area contributed by atoms with Gasteiger partial charge in [0, 0.05) is 12.6 Å². The zero-order valence-electron chi connectivity index (χ0n) is 7.99. The number of aromatic hydroxyl groups is 1. The minimum absolute atomic E-state index is 0.121. The lowest BCUT2D eigenvalue weighted by Crippen LogP contribution is -2.28. The van der Waals surface area contributed by atoms with Crippen molar-refractivity contribution < 1.29 is 5.11 Å². The minimum atomic E-state index is 0.121. The maximum Gasteiger partial charge on any atom is 0.186 e. The first-order valence-electron chi connectivity index (χ1n) is 4.13. The van der Waals surface area contributed by atoms with Crippen LogP contribution in [0.2, 0.25) is 5.02 Å². The molecule has 0 spiro atoms. The number of nitrogens with one attached hydrogen (secondary N) is 2. The van der Waals surface area contributed by atoms with Gasteiger partial charge in [-0.3, -0.25) is 5.43 Å². The summed E-state index contributed by atoms with van der Waals surface area (Å²) < 4.78 is 0. The van der Waals surface area contributed by atoms with Crippen molar-refractivity contribution in [1.82, 2.24) is 10.7 Å². The highest BCUT2D eigenvalue weighted by atomic mass is 35.5. The zero-order chi connectivity index (χ0) is 11.3. The maximum atomic E-state index is 9.11. The van der Waals surface area contributed by atoms with Gasteiger partial charge in [-0.25, -0.2) is 0 Å². The first kappa shape index (κ1) is 11.7. The summed E-state index contributed by atoms with van der Waals surface area (Å²) in [5.41, 5.74) is 3.29. The van der Waals surface area contributed by atoms with Crippen LogP contribution in [-0.4, -0.2) is 23.5 Å². The first-order chi connectivity index (χ1) is 7.13. The predicted molar refractivity (Wildman–Crippen MR) is 65.5 cm³/mol. The predicted octanol–water partition coefficient (Wildman–Crippen LogP) is 1.47. The van der Waals surface area contributed by atoms with E-state index in [-0.39, 0.29) is 5.75 Å². The Kier molecular flexibility index (Phi) is 4.33. The van der Waals surface area contributed by atoms with Crippen LogP contribution < -0.4 is 10.7 Å². The summed E-state index contributed by atoms with van der Waals surface area (Å²) in [6.45, 7) is 0. The fourth-order valence-electron chi connectivity index (χ4n) is 0.837. The van der Waals surface area contributed by atoms with E-state index in [0.717, 1.165) is 0 Å². The normalized spacial score (nSPS) is 10.3. The van der Waals surface area contributed by atoms with Gasteiger partial charge in [0.2, 0.25) is 0 Å². The minimum Gasteiger partial charge on any atom is -0.508 e. The summed E-state index contributed by atoms with van der Waals surface area (Å²) in [4.78, 5) is 0. The number of benzene rings is 1. The smallest absolute Gasteiger partial charge is 0.186 e. The number of hydrogen-bond donors (Lipinski definition) is 3. The van der Waals surface area contributed by atoms with Crippen molar-refractivity contribution in [2.45, 2.75) is 0 Å². The Bertz CT molecular complexity index is 395. The Hall–Kier alpha value is -1.33. The van der Waals surface area contributed by atoms with E-state index >= 15 is 0 Å². The molecule has 1 aromatic rings. The van der Waals surface area contributed by atoms with Crippen molar-refractivity contribution in [3.63, 3.8) is 0 Å². The molecule has 0 amide bonds. The number of nitrogens with zero attached hydrogens (tertiary/aromatic N) is 1. The monoisotopic (exact) mass is 243 g/mol. The van der Waals surface area contributed by atoms with Crippen molar-refractivity contribution in [2.24, 2.45) is 5.10 Å². The van der Waals surface area contributed by atoms with Gasteiger partial charge in [0.15, 0.2) is 5.11 Å². The molecule has 15 heavy (non-hydrogen) atoms. The van der Waals surface area contributed by atoms with Gasteiger partial charge < -0.3 is 10.4 Å². The van der Waals surface area contributed by atoms with Gasteiger partial charge in [-0.05, 0) is 30.4 Å². The topological polar surface area (TPSA) is 56.7 Å². The second-order valence-corrected chi connectivity index (χ2v) is 3.47. The van der Waals surface area contributed by atoms with Gasteiger partial charge in [-0.1, -0.05) is 11.6 Å². The van der Waals surface area contributed by atoms with E-state index in [1.165, 1.54) is 18.3 Å². The molecule has 0 heterocycles. The lowest BCUT2D eigenvalue weighted by atomic mass is 10.2. The summed E-state index contributed by atoms with van der Waals surface area (Å²) in [5, 5.41) is 16.5. The van der Waals surface area contributed by atoms with E-state index < -0.39 is 0 Å². The second kappa shape index (κ2) is 5.53. The molecule has 0 saturated carbocycles. The van der Waals surface area contributed by atoms with E-state index in [4.69, 9.17) is 28.9 Å². The third-order valence-corrected chi connectivity index (χ3v) is 2.20. The van der Waals surface area contributed by atoms with Gasteiger partial charge >= 0.3 is 0 Å². The van der Waals surface area contributed by atoms with Gasteiger partial charge in [-0.15, -0.1) is 0 Å². The Labute approximate surface area is 97.9 Å². The van der Waals surface area contributed by atoms with E-state index in [9.17, 15) is 0 Å². The summed E-state index contributed by atoms with van der Waals surface area (Å²) in [5.74, 6) is 0.121. The van der Waals surface area contributed by atoms with Gasteiger partial charge in [0.25, 0.3) is 0 Å². The molecule has 1 aromatic carbocycles. The molecule has 0 aliphatic heterocycles. The summed E-state index contributed by atoms with van der Waals surface area (Å²) in [6.07, 6.45) is 1.52. The third-order valence-electron chi connectivity index (χ3n) is 1.58. The Balaban J connectivity index is 2.68. The number of hydrazone groups is 1. The molecule has 3 N–H and O–H groups in total. The Morgan fingerprint density at radius 2 is 2.33 bits per heavy atom. The molecule has 80 valence electrons. The fraction of sp³-hybridized carbons (Fsp3) is 0.111. The quantitative estimate of drug-likeness (QED) is 0.418. The highest BCUT2D eigenvalue weighted by Gasteiger charge is 1.98. The van der Waals surface area contributed by atoms with Gasteiger partial charge in [0.05, 0.1) is 11.2 Å². The lowest BCUT2D eigenvalue weighted by molar-refractivity contribution is 0.475. The first-order valence-corrected chi connectivity index (χ1v) is 4.91. The molecule has 0 saturated heterocycles. The summed E-state index contributed by atoms with van der Waals surface area (Å²) in [7, 11) is 1.69. The number of rotatable bonds is 2. The number of thiocarbonyl (C=S) groups is 1. The van der Waals surface area contributed by atoms with Crippen LogP contribution in [0.3, 0.4) is 0 Å². The molecule has 0 aliphatic carbocycles. The van der Waals surface area contributed by atoms with Crippen molar-refractivity contribution in [2.75, 3.05) is 7.05 Å². The van der Waals surface area contributed by atoms with E-state index in [1.54, 1.807) is 13.1 Å². The second-order valence-electron chi connectivity index (χ2n) is 2.65. The molecule has 0 bridgehead atoms. The van der Waals surface area contributed by atoms with Crippen molar-refractivity contribution in [1.29, 1.82) is 0 Å². The van der Waals surface area contributed by atoms with Gasteiger partial charge in [-0.2, -0.15) is 5.10 Å². The number of phenolic OH excluding ortho intramolecular Hbond substituents is 1. The highest BCUT2D eigenvalue weighted by molar-refractivity contribution is 7.80. The van der Waals surface area contributed by atoms with Crippen molar-refractivity contribution in [3.05, 3.63) is 28.8 Å². The zero-order valence-corrected chi connectivity index (χ0v) is 9.56. The largest absolute Gasteiger partial charge is 0.508 e. The molecule has 6 heteroatoms. The number of hydrogen-bond acceptors (Lipinski definition) is 3. The molecule has 0 atom stereocenters. The maximum absolute atomic E-state index is 9.11. The van der Waals surface area contributed by atoms with E-state index in [1.807, 2.05) is 0 Å². The molecule has 1 rings (SSSR count). The van der Waals surface area contributed by atoms with Crippen LogP contribution >= 0.6 is 23.8 Å². The number of halogens is 1. The average molecular weight is 244 g/mol. The summed E-state index contributed by atoms with van der Waals surface area (Å²) >= 11 is 10.7. The molecule has 0 aliphatic rings. The van der Waals surface area contributed by atoms with E-state index in [0.29, 0.717) is 15.7 Å². The van der Waals surface area contributed by atoms with Crippen LogP contribution in [0, 0.1) is 0 Å². The van der Waals surface area contributed by atoms with Crippen LogP contribution in [0.1, 0.15) is 5.56 Å². The fourth-order valence-corrected chi connectivity index (χ4v) is 1.11. The molecule has 0 fully saturated rings. The van der Waals surface area contributed by atoms with Crippen molar-refractivity contribution in [3.8, 4) is 5.75 Å². The molecular formula is C9H10ClN3OS. The standard InChI is InChI=1S/C9H10ClN3OS/c1-11-9(15)13-12-5-6-2-3-7(14)4-8(6)10/h2-5,14H,1H3,(H2,11,13,15)/b12-5-. The van der Waals surface area contributed by atoms with Crippen molar-refractivity contribution >= 4 is 35.1 Å². The van der Waals surface area contributed by atoms with Crippen LogP contribution in [0.25, 0.3) is 0 Å². The Morgan fingerprint density at radius 1 is 1.60 bits per heavy atom. The SMILES string of the molecule is CNC(=S)N/N=C\c1ccc(O)cc1Cl. The average Bonchev–Trinajstić information content (AvgIpc) is 2.21. The van der Waals surface area contributed by atoms with Crippen LogP contribution in [0.15, 0.2) is 23.3 Å². The number of phenols is 1. The third kappa shape index (κ3) is 3.73.